The van der Waals surface area contributed by atoms with Crippen LogP contribution in [0.4, 0.5) is 5.00 Å². The number of nitrogens with one attached hydrogen (secondary N) is 1. The first kappa shape index (κ1) is 18.6. The van der Waals surface area contributed by atoms with E-state index in [9.17, 15) is 9.59 Å². The molecule has 3 heterocycles. The molecule has 2 aromatic heterocycles. The zero-order valence-corrected chi connectivity index (χ0v) is 16.4. The normalized spacial score (nSPS) is 14.5. The van der Waals surface area contributed by atoms with Crippen LogP contribution in [0.25, 0.3) is 0 Å². The molecular formula is C18H25N5O2S. The number of hydrogen-bond acceptors (Lipinski definition) is 5. The predicted octanol–water partition coefficient (Wildman–Crippen LogP) is 2.39. The summed E-state index contributed by atoms with van der Waals surface area (Å²) in [7, 11) is 0. The van der Waals surface area contributed by atoms with Crippen LogP contribution < -0.4 is 11.1 Å². The summed E-state index contributed by atoms with van der Waals surface area (Å²) in [6, 6.07) is 2.18. The Labute approximate surface area is 157 Å². The van der Waals surface area contributed by atoms with Crippen LogP contribution >= 0.6 is 11.3 Å². The van der Waals surface area contributed by atoms with Crippen molar-refractivity contribution in [3.05, 3.63) is 33.5 Å². The fourth-order valence-electron chi connectivity index (χ4n) is 3.35. The summed E-state index contributed by atoms with van der Waals surface area (Å²) in [4.78, 5) is 28.3. The van der Waals surface area contributed by atoms with Crippen LogP contribution in [0.5, 0.6) is 0 Å². The van der Waals surface area contributed by atoms with Gasteiger partial charge >= 0.3 is 0 Å². The summed E-state index contributed by atoms with van der Waals surface area (Å²) in [6.07, 6.45) is 0.768. The minimum atomic E-state index is -0.490. The number of nitrogens with zero attached hydrogens (tertiary/aromatic N) is 3. The molecule has 0 unspecified atom stereocenters. The summed E-state index contributed by atoms with van der Waals surface area (Å²) in [6.45, 7) is 10.4. The van der Waals surface area contributed by atoms with Gasteiger partial charge in [-0.2, -0.15) is 5.10 Å². The third-order valence-corrected chi connectivity index (χ3v) is 5.86. The highest BCUT2D eigenvalue weighted by atomic mass is 32.1. The molecule has 0 radical (unpaired) electrons. The highest BCUT2D eigenvalue weighted by molar-refractivity contribution is 7.17. The minimum absolute atomic E-state index is 0.269. The van der Waals surface area contributed by atoms with Gasteiger partial charge in [0.25, 0.3) is 11.8 Å². The number of aromatic nitrogens is 2. The molecule has 0 aromatic carbocycles. The zero-order valence-electron chi connectivity index (χ0n) is 15.6. The number of primary amides is 1. The Hall–Kier alpha value is -2.19. The van der Waals surface area contributed by atoms with Gasteiger partial charge in [0.05, 0.1) is 11.3 Å². The van der Waals surface area contributed by atoms with Crippen LogP contribution in [0, 0.1) is 6.92 Å². The standard InChI is InChI=1S/C18H25N5O2S/c1-5-23-13(8-11(4)21-23)17(25)20-18-15(16(19)24)12-6-7-22(10(2)3)9-14(12)26-18/h8,10H,5-7,9H2,1-4H3,(H2,19,24)(H,20,25). The van der Waals surface area contributed by atoms with Gasteiger partial charge in [0, 0.05) is 30.6 Å². The van der Waals surface area contributed by atoms with E-state index in [1.165, 1.54) is 11.3 Å². The third-order valence-electron chi connectivity index (χ3n) is 4.72. The molecule has 0 saturated heterocycles. The van der Waals surface area contributed by atoms with E-state index in [0.717, 1.165) is 35.6 Å². The molecule has 0 fully saturated rings. The summed E-state index contributed by atoms with van der Waals surface area (Å²) in [5, 5.41) is 7.74. The van der Waals surface area contributed by atoms with Crippen molar-refractivity contribution in [1.82, 2.24) is 14.7 Å². The lowest BCUT2D eigenvalue weighted by molar-refractivity contribution is 0.0999. The maximum atomic E-state index is 12.7. The van der Waals surface area contributed by atoms with Gasteiger partial charge in [-0.05, 0) is 45.7 Å². The number of fused-ring (bicyclic) bond motifs is 1. The molecule has 8 heteroatoms. The number of thiophene rings is 1. The lowest BCUT2D eigenvalue weighted by Crippen LogP contribution is -2.35. The van der Waals surface area contributed by atoms with Crippen molar-refractivity contribution in [1.29, 1.82) is 0 Å². The van der Waals surface area contributed by atoms with Crippen LogP contribution in [0.2, 0.25) is 0 Å². The van der Waals surface area contributed by atoms with Crippen molar-refractivity contribution in [2.75, 3.05) is 11.9 Å². The average Bonchev–Trinajstić information content (AvgIpc) is 3.13. The average molecular weight is 375 g/mol. The second-order valence-corrected chi connectivity index (χ2v) is 7.93. The highest BCUT2D eigenvalue weighted by Gasteiger charge is 2.29. The summed E-state index contributed by atoms with van der Waals surface area (Å²) >= 11 is 1.45. The summed E-state index contributed by atoms with van der Waals surface area (Å²) < 4.78 is 1.66. The van der Waals surface area contributed by atoms with E-state index >= 15 is 0 Å². The molecule has 3 N–H and O–H groups in total. The van der Waals surface area contributed by atoms with Crippen molar-refractivity contribution in [2.45, 2.75) is 53.2 Å². The fourth-order valence-corrected chi connectivity index (χ4v) is 4.62. The third kappa shape index (κ3) is 3.39. The number of hydrogen-bond donors (Lipinski definition) is 2. The highest BCUT2D eigenvalue weighted by Crippen LogP contribution is 2.37. The van der Waals surface area contributed by atoms with Crippen LogP contribution in [0.3, 0.4) is 0 Å². The first-order valence-corrected chi connectivity index (χ1v) is 9.67. The van der Waals surface area contributed by atoms with Gasteiger partial charge in [-0.25, -0.2) is 0 Å². The molecule has 3 rings (SSSR count). The lowest BCUT2D eigenvalue weighted by Gasteiger charge is -2.30. The molecule has 0 saturated carbocycles. The van der Waals surface area contributed by atoms with E-state index in [-0.39, 0.29) is 5.91 Å². The molecule has 0 bridgehead atoms. The number of anilines is 1. The Balaban J connectivity index is 1.93. The maximum absolute atomic E-state index is 12.7. The van der Waals surface area contributed by atoms with Gasteiger partial charge in [-0.15, -0.1) is 11.3 Å². The Morgan fingerprint density at radius 1 is 1.42 bits per heavy atom. The van der Waals surface area contributed by atoms with E-state index in [1.807, 2.05) is 13.8 Å². The van der Waals surface area contributed by atoms with Crippen LogP contribution in [-0.2, 0) is 19.5 Å². The Morgan fingerprint density at radius 3 is 2.77 bits per heavy atom. The SMILES string of the molecule is CCn1nc(C)cc1C(=O)Nc1sc2c(c1C(N)=O)CCN(C(C)C)C2. The zero-order chi connectivity index (χ0) is 19.0. The Morgan fingerprint density at radius 2 is 2.15 bits per heavy atom. The van der Waals surface area contributed by atoms with Gasteiger partial charge in [0.15, 0.2) is 0 Å². The van der Waals surface area contributed by atoms with Crippen LogP contribution in [-0.4, -0.2) is 39.1 Å². The Kier molecular flexibility index (Phi) is 5.15. The lowest BCUT2D eigenvalue weighted by atomic mass is 10.0. The number of carbonyl (C=O) groups is 2. The number of aryl methyl sites for hydroxylation is 2. The first-order chi connectivity index (χ1) is 12.3. The van der Waals surface area contributed by atoms with E-state index in [2.05, 4.69) is 29.2 Å². The van der Waals surface area contributed by atoms with Gasteiger partial charge in [0.1, 0.15) is 10.7 Å². The number of amides is 2. The molecule has 1 aliphatic rings. The molecule has 2 aromatic rings. The van der Waals surface area contributed by atoms with E-state index < -0.39 is 5.91 Å². The van der Waals surface area contributed by atoms with Gasteiger partial charge < -0.3 is 11.1 Å². The molecule has 0 spiro atoms. The van der Waals surface area contributed by atoms with E-state index in [0.29, 0.717) is 28.8 Å². The first-order valence-electron chi connectivity index (χ1n) is 8.86. The molecule has 1 aliphatic heterocycles. The largest absolute Gasteiger partial charge is 0.365 e. The molecule has 140 valence electrons. The molecular weight excluding hydrogens is 350 g/mol. The molecule has 26 heavy (non-hydrogen) atoms. The predicted molar refractivity (Wildman–Crippen MR) is 103 cm³/mol. The topological polar surface area (TPSA) is 93.2 Å². The minimum Gasteiger partial charge on any atom is -0.365 e. The monoisotopic (exact) mass is 375 g/mol. The quantitative estimate of drug-likeness (QED) is 0.839. The van der Waals surface area contributed by atoms with Crippen molar-refractivity contribution in [3.8, 4) is 0 Å². The van der Waals surface area contributed by atoms with Gasteiger partial charge in [0.2, 0.25) is 0 Å². The smallest absolute Gasteiger partial charge is 0.274 e. The van der Waals surface area contributed by atoms with E-state index in [1.54, 1.807) is 10.7 Å². The fraction of sp³-hybridized carbons (Fsp3) is 0.500. The summed E-state index contributed by atoms with van der Waals surface area (Å²) in [5.41, 5.74) is 8.34. The van der Waals surface area contributed by atoms with Crippen molar-refractivity contribution < 1.29 is 9.59 Å². The van der Waals surface area contributed by atoms with Crippen LogP contribution in [0.1, 0.15) is 57.8 Å². The van der Waals surface area contributed by atoms with E-state index in [4.69, 9.17) is 5.73 Å². The summed E-state index contributed by atoms with van der Waals surface area (Å²) in [5.74, 6) is -0.759. The second-order valence-electron chi connectivity index (χ2n) is 6.83. The molecule has 7 nitrogen and oxygen atoms in total. The molecule has 2 amide bonds. The maximum Gasteiger partial charge on any atom is 0.274 e. The van der Waals surface area contributed by atoms with Crippen LogP contribution in [0.15, 0.2) is 6.07 Å². The van der Waals surface area contributed by atoms with Crippen molar-refractivity contribution in [3.63, 3.8) is 0 Å². The van der Waals surface area contributed by atoms with Gasteiger partial charge in [-0.3, -0.25) is 19.2 Å². The van der Waals surface area contributed by atoms with Crippen molar-refractivity contribution >= 4 is 28.2 Å². The van der Waals surface area contributed by atoms with Gasteiger partial charge in [-0.1, -0.05) is 0 Å². The molecule has 0 atom stereocenters. The Bertz CT molecular complexity index is 852. The number of rotatable bonds is 5. The number of nitrogens with two attached hydrogens (primary N) is 1. The number of carbonyl (C=O) groups excluding carboxylic acids is 2. The second kappa shape index (κ2) is 7.20. The molecule has 0 aliphatic carbocycles. The van der Waals surface area contributed by atoms with Crippen molar-refractivity contribution in [2.24, 2.45) is 5.73 Å².